The lowest BCUT2D eigenvalue weighted by atomic mass is 9.68. The molecule has 0 bridgehead atoms. The zero-order valence-corrected chi connectivity index (χ0v) is 44.8. The molecular formula is C73H52N2O2Si. The van der Waals surface area contributed by atoms with Crippen LogP contribution < -0.4 is 15.0 Å². The zero-order chi connectivity index (χ0) is 52.0. The minimum atomic E-state index is -1.73. The van der Waals surface area contributed by atoms with Crippen LogP contribution in [0.15, 0.2) is 251 Å². The van der Waals surface area contributed by atoms with E-state index >= 15 is 0 Å². The topological polar surface area (TPSA) is 32.8 Å². The number of hydrogen-bond donors (Lipinski definition) is 0. The van der Waals surface area contributed by atoms with Crippen molar-refractivity contribution in [3.8, 4) is 22.3 Å². The Kier molecular flexibility index (Phi) is 9.51. The van der Waals surface area contributed by atoms with Crippen LogP contribution in [0.3, 0.4) is 0 Å². The maximum absolute atomic E-state index is 7.10. The summed E-state index contributed by atoms with van der Waals surface area (Å²) in [5.74, 6) is 0. The maximum atomic E-state index is 7.10. The summed E-state index contributed by atoms with van der Waals surface area (Å²) < 4.78 is 13.9. The fraction of sp³-hybridized carbons (Fsp3) is 0.0685. The van der Waals surface area contributed by atoms with Gasteiger partial charge < -0.3 is 18.6 Å². The molecule has 12 aromatic carbocycles. The number of nitrogens with zero attached hydrogens (tertiary/aromatic N) is 2. The van der Waals surface area contributed by atoms with E-state index in [9.17, 15) is 0 Å². The molecule has 5 heteroatoms. The van der Waals surface area contributed by atoms with Crippen LogP contribution in [-0.2, 0) is 5.41 Å². The molecule has 16 rings (SSSR count). The summed E-state index contributed by atoms with van der Waals surface area (Å²) in [6.07, 6.45) is 0. The average molecular weight is 1020 g/mol. The van der Waals surface area contributed by atoms with E-state index in [0.717, 1.165) is 78.2 Å². The fourth-order valence-corrected chi connectivity index (χ4v) is 15.2. The van der Waals surface area contributed by atoms with Gasteiger partial charge in [0.05, 0.1) is 24.9 Å². The Morgan fingerprint density at radius 3 is 1.28 bits per heavy atom. The van der Waals surface area contributed by atoms with Crippen LogP contribution in [0.25, 0.3) is 87.7 Å². The molecule has 0 amide bonds. The van der Waals surface area contributed by atoms with E-state index in [-0.39, 0.29) is 0 Å². The van der Waals surface area contributed by atoms with E-state index in [2.05, 4.69) is 279 Å². The first kappa shape index (κ1) is 44.8. The molecule has 0 saturated carbocycles. The van der Waals surface area contributed by atoms with Gasteiger partial charge >= 0.3 is 0 Å². The van der Waals surface area contributed by atoms with Crippen LogP contribution in [0, 0.1) is 6.92 Å². The molecule has 78 heavy (non-hydrogen) atoms. The third-order valence-corrected chi connectivity index (χ3v) is 19.0. The third-order valence-electron chi connectivity index (χ3n) is 17.0. The molecule has 0 radical (unpaired) electrons. The molecule has 0 fully saturated rings. The Bertz CT molecular complexity index is 4770. The summed E-state index contributed by atoms with van der Waals surface area (Å²) in [6, 6.07) is 89.7. The van der Waals surface area contributed by atoms with Gasteiger partial charge in [0.15, 0.2) is 11.2 Å². The van der Waals surface area contributed by atoms with Crippen LogP contribution in [0.4, 0.5) is 34.1 Å². The molecule has 0 saturated heterocycles. The van der Waals surface area contributed by atoms with Gasteiger partial charge in [-0.3, -0.25) is 0 Å². The lowest BCUT2D eigenvalue weighted by molar-refractivity contribution is 0.666. The van der Waals surface area contributed by atoms with Crippen molar-refractivity contribution in [2.75, 3.05) is 9.80 Å². The summed E-state index contributed by atoms with van der Waals surface area (Å²) in [5.41, 5.74) is 20.9. The molecule has 2 aliphatic rings. The predicted octanol–water partition coefficient (Wildman–Crippen LogP) is 19.9. The molecule has 0 N–H and O–H groups in total. The van der Waals surface area contributed by atoms with E-state index in [4.69, 9.17) is 8.83 Å². The second-order valence-electron chi connectivity index (χ2n) is 22.4. The van der Waals surface area contributed by atoms with Gasteiger partial charge in [-0.1, -0.05) is 202 Å². The van der Waals surface area contributed by atoms with Crippen LogP contribution >= 0.6 is 0 Å². The fourth-order valence-electron chi connectivity index (χ4n) is 13.8. The first-order chi connectivity index (χ1) is 38.3. The van der Waals surface area contributed by atoms with Crippen LogP contribution in [0.1, 0.15) is 27.8 Å². The molecule has 0 aliphatic heterocycles. The van der Waals surface area contributed by atoms with Crippen molar-refractivity contribution >= 4 is 113 Å². The summed E-state index contributed by atoms with van der Waals surface area (Å²) in [7, 11) is -1.73. The molecule has 4 nitrogen and oxygen atoms in total. The third kappa shape index (κ3) is 6.22. The number of benzene rings is 12. The highest BCUT2D eigenvalue weighted by atomic mass is 28.3. The number of hydrogen-bond acceptors (Lipinski definition) is 4. The lowest BCUT2D eigenvalue weighted by Crippen LogP contribution is -2.37. The average Bonchev–Trinajstić information content (AvgIpc) is 3.55. The predicted molar refractivity (Wildman–Crippen MR) is 329 cm³/mol. The molecule has 1 spiro atoms. The highest BCUT2D eigenvalue weighted by molar-refractivity contribution is 6.90. The van der Waals surface area contributed by atoms with Crippen molar-refractivity contribution in [3.05, 3.63) is 270 Å². The number of para-hydroxylation sites is 6. The Balaban J connectivity index is 0.917. The Morgan fingerprint density at radius 2 is 0.769 bits per heavy atom. The summed E-state index contributed by atoms with van der Waals surface area (Å²) in [4.78, 5) is 4.75. The van der Waals surface area contributed by atoms with E-state index in [1.165, 1.54) is 76.6 Å². The molecule has 370 valence electrons. The van der Waals surface area contributed by atoms with Crippen LogP contribution in [0.5, 0.6) is 0 Å². The number of furan rings is 2. The van der Waals surface area contributed by atoms with Crippen molar-refractivity contribution in [1.29, 1.82) is 0 Å². The first-order valence-electron chi connectivity index (χ1n) is 27.2. The van der Waals surface area contributed by atoms with Gasteiger partial charge in [-0.05, 0) is 144 Å². The smallest absolute Gasteiger partial charge is 0.159 e. The van der Waals surface area contributed by atoms with Gasteiger partial charge in [0.25, 0.3) is 0 Å². The molecule has 2 heterocycles. The van der Waals surface area contributed by atoms with E-state index in [0.29, 0.717) is 0 Å². The largest absolute Gasteiger partial charge is 0.454 e. The molecule has 2 aromatic heterocycles. The van der Waals surface area contributed by atoms with Crippen molar-refractivity contribution in [1.82, 2.24) is 0 Å². The van der Waals surface area contributed by atoms with Gasteiger partial charge in [-0.25, -0.2) is 0 Å². The molecule has 0 unspecified atom stereocenters. The summed E-state index contributed by atoms with van der Waals surface area (Å²) in [6.45, 7) is 9.32. The highest BCUT2D eigenvalue weighted by Crippen LogP contribution is 2.65. The van der Waals surface area contributed by atoms with Crippen molar-refractivity contribution in [2.24, 2.45) is 0 Å². The Hall–Kier alpha value is -9.42. The second-order valence-corrected chi connectivity index (χ2v) is 27.4. The minimum absolute atomic E-state index is 0.607. The van der Waals surface area contributed by atoms with E-state index < -0.39 is 13.5 Å². The normalized spacial score (nSPS) is 13.2. The van der Waals surface area contributed by atoms with Crippen LogP contribution in [-0.4, -0.2) is 8.07 Å². The zero-order valence-electron chi connectivity index (χ0n) is 43.8. The number of fused-ring (bicyclic) bond motifs is 20. The Labute approximate surface area is 453 Å². The van der Waals surface area contributed by atoms with Gasteiger partial charge in [-0.2, -0.15) is 0 Å². The number of aryl methyl sites for hydroxylation is 1. The van der Waals surface area contributed by atoms with Gasteiger partial charge in [0, 0.05) is 44.3 Å². The standard InChI is InChI=1S/C73H52N2O2Si/c1-45-19-15-26-58-59-27-16-32-64(70(59)76-69(45)58)74(48-20-7-5-8-21-48)50-37-41-52-46(43-50)35-39-56-57-40-36-47-44-51(38-42-53(47)68(57)73(67(52)56)62-30-13-11-24-54(62)55-25-12-14-31-63(55)73)75(49-22-9-6-10-23-49)65-33-17-28-60-61-29-18-34-66(78(2,3)4)72(61)77-71(60)65/h5-44H,1-4H3. The number of rotatable bonds is 7. The monoisotopic (exact) mass is 1020 g/mol. The van der Waals surface area contributed by atoms with Crippen molar-refractivity contribution < 1.29 is 8.83 Å². The van der Waals surface area contributed by atoms with E-state index in [1.54, 1.807) is 0 Å². The molecule has 0 atom stereocenters. The molecule has 14 aromatic rings. The first-order valence-corrected chi connectivity index (χ1v) is 30.7. The quantitative estimate of drug-likeness (QED) is 0.149. The molecular weight excluding hydrogens is 965 g/mol. The Morgan fingerprint density at radius 1 is 0.333 bits per heavy atom. The SMILES string of the molecule is Cc1cccc2c1oc1c(N(c3ccccc3)c3ccc4c5c(ccc4c3)-c3ccc4cc(N(c6ccccc6)c6cccc7c6oc6c([Si](C)(C)C)cccc67)ccc4c3C53c4ccccc4-c4ccccc43)cccc12. The second kappa shape index (κ2) is 16.5. The lowest BCUT2D eigenvalue weighted by Gasteiger charge is -2.33. The minimum Gasteiger partial charge on any atom is -0.454 e. The summed E-state index contributed by atoms with van der Waals surface area (Å²) in [5, 5.41) is 10.7. The van der Waals surface area contributed by atoms with Gasteiger partial charge in [0.2, 0.25) is 0 Å². The van der Waals surface area contributed by atoms with Crippen LogP contribution in [0.2, 0.25) is 19.6 Å². The van der Waals surface area contributed by atoms with Gasteiger partial charge in [0.1, 0.15) is 11.2 Å². The van der Waals surface area contributed by atoms with Crippen molar-refractivity contribution in [2.45, 2.75) is 32.0 Å². The maximum Gasteiger partial charge on any atom is 0.159 e. The number of anilines is 6. The van der Waals surface area contributed by atoms with Gasteiger partial charge in [-0.15, -0.1) is 0 Å². The molecule has 2 aliphatic carbocycles. The van der Waals surface area contributed by atoms with Crippen molar-refractivity contribution in [3.63, 3.8) is 0 Å². The summed E-state index contributed by atoms with van der Waals surface area (Å²) >= 11 is 0. The van der Waals surface area contributed by atoms with E-state index in [1.807, 2.05) is 0 Å². The highest BCUT2D eigenvalue weighted by Gasteiger charge is 2.53.